The van der Waals surface area contributed by atoms with Crippen LogP contribution in [-0.4, -0.2) is 17.2 Å². The number of hydrogen-bond acceptors (Lipinski definition) is 3. The summed E-state index contributed by atoms with van der Waals surface area (Å²) in [5.74, 6) is 0.729. The van der Waals surface area contributed by atoms with Gasteiger partial charge in [-0.3, -0.25) is 4.98 Å². The number of nitrogens with zero attached hydrogens (tertiary/aromatic N) is 1. The van der Waals surface area contributed by atoms with Crippen LogP contribution in [0.15, 0.2) is 48.7 Å². The van der Waals surface area contributed by atoms with Gasteiger partial charge in [0.1, 0.15) is 11.9 Å². The molecule has 0 bridgehead atoms. The fourth-order valence-electron chi connectivity index (χ4n) is 1.52. The maximum Gasteiger partial charge on any atom is 0.121 e. The highest BCUT2D eigenvalue weighted by Crippen LogP contribution is 2.23. The Balaban J connectivity index is 2.30. The smallest absolute Gasteiger partial charge is 0.121 e. The van der Waals surface area contributed by atoms with E-state index >= 15 is 0 Å². The van der Waals surface area contributed by atoms with Crippen molar-refractivity contribution in [3.05, 3.63) is 59.9 Å². The van der Waals surface area contributed by atoms with Crippen molar-refractivity contribution < 1.29 is 9.84 Å². The van der Waals surface area contributed by atoms with Crippen molar-refractivity contribution in [2.75, 3.05) is 7.11 Å². The molecule has 0 spiro atoms. The summed E-state index contributed by atoms with van der Waals surface area (Å²) in [6.07, 6.45) is 0.954. The van der Waals surface area contributed by atoms with Crippen LogP contribution in [0.25, 0.3) is 0 Å². The second kappa shape index (κ2) is 4.77. The first-order valence-electron chi connectivity index (χ1n) is 5.04. The van der Waals surface area contributed by atoms with Crippen LogP contribution in [0, 0.1) is 0 Å². The van der Waals surface area contributed by atoms with Gasteiger partial charge in [0, 0.05) is 6.20 Å². The number of aliphatic hydroxyl groups is 1. The molecule has 0 saturated carbocycles. The number of rotatable bonds is 3. The van der Waals surface area contributed by atoms with Crippen LogP contribution in [-0.2, 0) is 0 Å². The van der Waals surface area contributed by atoms with Gasteiger partial charge in [-0.1, -0.05) is 18.2 Å². The van der Waals surface area contributed by atoms with Gasteiger partial charge in [0.25, 0.3) is 0 Å². The summed E-state index contributed by atoms with van der Waals surface area (Å²) in [6.45, 7) is 0. The number of hydrogen-bond donors (Lipinski definition) is 1. The molecule has 2 aromatic rings. The number of methoxy groups -OCH3 is 1. The fraction of sp³-hybridized carbons (Fsp3) is 0.154. The van der Waals surface area contributed by atoms with E-state index in [1.54, 1.807) is 25.4 Å². The molecule has 1 heterocycles. The predicted octanol–water partition coefficient (Wildman–Crippen LogP) is 2.17. The SMILES string of the molecule is COc1cccc([C@@H](O)c2ccccn2)c1. The molecule has 1 aromatic heterocycles. The molecule has 1 N–H and O–H groups in total. The van der Waals surface area contributed by atoms with Crippen molar-refractivity contribution >= 4 is 0 Å². The van der Waals surface area contributed by atoms with E-state index in [0.29, 0.717) is 5.69 Å². The van der Waals surface area contributed by atoms with E-state index in [1.807, 2.05) is 30.3 Å². The van der Waals surface area contributed by atoms with Crippen LogP contribution in [0.4, 0.5) is 0 Å². The monoisotopic (exact) mass is 215 g/mol. The van der Waals surface area contributed by atoms with Gasteiger partial charge in [0.05, 0.1) is 12.8 Å². The van der Waals surface area contributed by atoms with Gasteiger partial charge in [0.2, 0.25) is 0 Å². The highest BCUT2D eigenvalue weighted by atomic mass is 16.5. The van der Waals surface area contributed by atoms with Gasteiger partial charge in [-0.15, -0.1) is 0 Å². The molecular formula is C13H13NO2. The molecule has 82 valence electrons. The van der Waals surface area contributed by atoms with Gasteiger partial charge in [0.15, 0.2) is 0 Å². The minimum Gasteiger partial charge on any atom is -0.497 e. The van der Waals surface area contributed by atoms with Gasteiger partial charge >= 0.3 is 0 Å². The van der Waals surface area contributed by atoms with Crippen molar-refractivity contribution in [3.63, 3.8) is 0 Å². The summed E-state index contributed by atoms with van der Waals surface area (Å²) < 4.78 is 5.11. The molecule has 1 aromatic carbocycles. The Morgan fingerprint density at radius 2 is 2.06 bits per heavy atom. The Kier molecular flexibility index (Phi) is 3.17. The molecule has 0 amide bonds. The molecule has 0 aliphatic rings. The van der Waals surface area contributed by atoms with Crippen molar-refractivity contribution in [3.8, 4) is 5.75 Å². The molecule has 0 aliphatic carbocycles. The fourth-order valence-corrected chi connectivity index (χ4v) is 1.52. The standard InChI is InChI=1S/C13H13NO2/c1-16-11-6-4-5-10(9-11)13(15)12-7-2-3-8-14-12/h2-9,13,15H,1H3/t13-/m1/s1. The minimum atomic E-state index is -0.712. The average Bonchev–Trinajstić information content (AvgIpc) is 2.39. The summed E-state index contributed by atoms with van der Waals surface area (Å²) in [5.41, 5.74) is 1.41. The van der Waals surface area contributed by atoms with Gasteiger partial charge in [-0.05, 0) is 29.8 Å². The summed E-state index contributed by atoms with van der Waals surface area (Å²) in [4.78, 5) is 4.12. The number of pyridine rings is 1. The maximum absolute atomic E-state index is 10.1. The van der Waals surface area contributed by atoms with Crippen molar-refractivity contribution in [1.82, 2.24) is 4.98 Å². The normalized spacial score (nSPS) is 12.1. The Morgan fingerprint density at radius 3 is 2.75 bits per heavy atom. The number of aliphatic hydroxyl groups excluding tert-OH is 1. The highest BCUT2D eigenvalue weighted by molar-refractivity contribution is 5.33. The molecule has 0 aliphatic heterocycles. The molecule has 0 saturated heterocycles. The summed E-state index contributed by atoms with van der Waals surface area (Å²) in [6, 6.07) is 12.8. The first-order valence-corrected chi connectivity index (χ1v) is 5.04. The number of aromatic nitrogens is 1. The first kappa shape index (κ1) is 10.6. The van der Waals surface area contributed by atoms with Crippen molar-refractivity contribution in [2.45, 2.75) is 6.10 Å². The van der Waals surface area contributed by atoms with Crippen LogP contribution >= 0.6 is 0 Å². The first-order chi connectivity index (χ1) is 7.81. The molecule has 2 rings (SSSR count). The maximum atomic E-state index is 10.1. The van der Waals surface area contributed by atoms with Gasteiger partial charge in [-0.2, -0.15) is 0 Å². The second-order valence-electron chi connectivity index (χ2n) is 3.43. The summed E-state index contributed by atoms with van der Waals surface area (Å²) in [7, 11) is 1.60. The third-order valence-electron chi connectivity index (χ3n) is 2.38. The third kappa shape index (κ3) is 2.20. The minimum absolute atomic E-state index is 0.635. The Hall–Kier alpha value is -1.87. The molecule has 16 heavy (non-hydrogen) atoms. The lowest BCUT2D eigenvalue weighted by Crippen LogP contribution is -2.01. The van der Waals surface area contributed by atoms with E-state index < -0.39 is 6.10 Å². The molecule has 0 radical (unpaired) electrons. The average molecular weight is 215 g/mol. The predicted molar refractivity (Wildman–Crippen MR) is 61.3 cm³/mol. The van der Waals surface area contributed by atoms with Crippen LogP contribution in [0.2, 0.25) is 0 Å². The van der Waals surface area contributed by atoms with Gasteiger partial charge < -0.3 is 9.84 Å². The zero-order valence-corrected chi connectivity index (χ0v) is 9.00. The van der Waals surface area contributed by atoms with E-state index in [2.05, 4.69) is 4.98 Å². The third-order valence-corrected chi connectivity index (χ3v) is 2.38. The van der Waals surface area contributed by atoms with Crippen molar-refractivity contribution in [1.29, 1.82) is 0 Å². The van der Waals surface area contributed by atoms with Crippen molar-refractivity contribution in [2.24, 2.45) is 0 Å². The van der Waals surface area contributed by atoms with Crippen LogP contribution in [0.3, 0.4) is 0 Å². The summed E-state index contributed by atoms with van der Waals surface area (Å²) >= 11 is 0. The molecule has 0 unspecified atom stereocenters. The van der Waals surface area contributed by atoms with Crippen LogP contribution in [0.5, 0.6) is 5.75 Å². The largest absolute Gasteiger partial charge is 0.497 e. The van der Waals surface area contributed by atoms with E-state index in [4.69, 9.17) is 4.74 Å². The van der Waals surface area contributed by atoms with E-state index in [9.17, 15) is 5.11 Å². The van der Waals surface area contributed by atoms with E-state index in [1.165, 1.54) is 0 Å². The molecule has 3 nitrogen and oxygen atoms in total. The number of ether oxygens (including phenoxy) is 1. The lowest BCUT2D eigenvalue weighted by molar-refractivity contribution is 0.215. The Morgan fingerprint density at radius 1 is 1.19 bits per heavy atom. The second-order valence-corrected chi connectivity index (χ2v) is 3.43. The molecular weight excluding hydrogens is 202 g/mol. The van der Waals surface area contributed by atoms with Crippen LogP contribution in [0.1, 0.15) is 17.4 Å². The Labute approximate surface area is 94.3 Å². The highest BCUT2D eigenvalue weighted by Gasteiger charge is 2.11. The summed E-state index contributed by atoms with van der Waals surface area (Å²) in [5, 5.41) is 10.1. The molecule has 3 heteroatoms. The molecule has 1 atom stereocenters. The van der Waals surface area contributed by atoms with E-state index in [-0.39, 0.29) is 0 Å². The van der Waals surface area contributed by atoms with Crippen LogP contribution < -0.4 is 4.74 Å². The Bertz CT molecular complexity index is 456. The topological polar surface area (TPSA) is 42.4 Å². The lowest BCUT2D eigenvalue weighted by atomic mass is 10.1. The zero-order chi connectivity index (χ0) is 11.4. The van der Waals surface area contributed by atoms with E-state index in [0.717, 1.165) is 11.3 Å². The molecule has 0 fully saturated rings. The quantitative estimate of drug-likeness (QED) is 0.853. The van der Waals surface area contributed by atoms with Gasteiger partial charge in [-0.25, -0.2) is 0 Å². The number of benzene rings is 1. The zero-order valence-electron chi connectivity index (χ0n) is 9.00. The lowest BCUT2D eigenvalue weighted by Gasteiger charge is -2.11.